The second-order valence-electron chi connectivity index (χ2n) is 8.22. The lowest BCUT2D eigenvalue weighted by atomic mass is 9.77. The van der Waals surface area contributed by atoms with E-state index in [-0.39, 0.29) is 26.1 Å². The molecule has 0 aliphatic carbocycles. The Morgan fingerprint density at radius 1 is 1.22 bits per heavy atom. The monoisotopic (exact) mass is 468 g/mol. The fraction of sp³-hybridized carbons (Fsp3) is 0.391. The van der Waals surface area contributed by atoms with Crippen molar-refractivity contribution in [2.24, 2.45) is 11.1 Å². The molecule has 0 unspecified atom stereocenters. The molecule has 172 valence electrons. The number of hydrogen-bond donors (Lipinski definition) is 1. The maximum absolute atomic E-state index is 13.4. The van der Waals surface area contributed by atoms with Gasteiger partial charge < -0.3 is 15.4 Å². The van der Waals surface area contributed by atoms with Crippen molar-refractivity contribution in [3.63, 3.8) is 0 Å². The van der Waals surface area contributed by atoms with Crippen LogP contribution in [-0.4, -0.2) is 36.4 Å². The molecule has 0 radical (unpaired) electrons. The molecule has 0 saturated carbocycles. The van der Waals surface area contributed by atoms with E-state index in [1.807, 2.05) is 6.92 Å². The Balaban J connectivity index is 1.84. The number of benzene rings is 2. The standard InChI is InChI=1S/C23H24ClF3N2O3/c1-15-11-16(7-8-19(15)24)32-14-22(12-20(28)30)9-4-10-29(13-22)21(31)17-5-2-3-6-18(17)23(25,26)27/h2-3,5-8,11H,4,9-10,12-14H2,1H3,(H2,28,30)/t22-/m1/s1. The molecule has 0 spiro atoms. The zero-order chi connectivity index (χ0) is 23.5. The van der Waals surface area contributed by atoms with E-state index in [4.69, 9.17) is 22.1 Å². The Kier molecular flexibility index (Phi) is 7.03. The molecule has 0 aromatic heterocycles. The molecule has 1 aliphatic heterocycles. The lowest BCUT2D eigenvalue weighted by Crippen LogP contribution is -2.50. The molecular weight excluding hydrogens is 445 g/mol. The summed E-state index contributed by atoms with van der Waals surface area (Å²) in [7, 11) is 0. The Morgan fingerprint density at radius 3 is 2.59 bits per heavy atom. The second-order valence-corrected chi connectivity index (χ2v) is 8.62. The summed E-state index contributed by atoms with van der Waals surface area (Å²) in [5, 5.41) is 0.585. The number of alkyl halides is 3. The maximum atomic E-state index is 13.4. The molecule has 2 aromatic carbocycles. The lowest BCUT2D eigenvalue weighted by Gasteiger charge is -2.42. The van der Waals surface area contributed by atoms with Crippen molar-refractivity contribution >= 4 is 23.4 Å². The summed E-state index contributed by atoms with van der Waals surface area (Å²) in [4.78, 5) is 26.2. The third kappa shape index (κ3) is 5.54. The first-order valence-corrected chi connectivity index (χ1v) is 10.5. The quantitative estimate of drug-likeness (QED) is 0.659. The predicted molar refractivity (Wildman–Crippen MR) is 115 cm³/mol. The van der Waals surface area contributed by atoms with Crippen molar-refractivity contribution in [2.75, 3.05) is 19.7 Å². The summed E-state index contributed by atoms with van der Waals surface area (Å²) in [5.74, 6) is -0.749. The van der Waals surface area contributed by atoms with Gasteiger partial charge in [0.2, 0.25) is 5.91 Å². The Hall–Kier alpha value is -2.74. The second kappa shape index (κ2) is 9.40. The van der Waals surface area contributed by atoms with Crippen LogP contribution in [0.5, 0.6) is 5.75 Å². The fourth-order valence-corrected chi connectivity index (χ4v) is 4.21. The molecule has 3 rings (SSSR count). The number of amides is 2. The summed E-state index contributed by atoms with van der Waals surface area (Å²) in [6, 6.07) is 9.84. The number of aryl methyl sites for hydroxylation is 1. The SMILES string of the molecule is Cc1cc(OC[C@@]2(CC(N)=O)CCCN(C(=O)c3ccccc3C(F)(F)F)C2)ccc1Cl. The maximum Gasteiger partial charge on any atom is 0.417 e. The van der Waals surface area contributed by atoms with Crippen LogP contribution in [0.4, 0.5) is 13.2 Å². The number of carbonyl (C=O) groups is 2. The van der Waals surface area contributed by atoms with Gasteiger partial charge in [-0.3, -0.25) is 9.59 Å². The van der Waals surface area contributed by atoms with Crippen LogP contribution in [0.1, 0.15) is 40.7 Å². The van der Waals surface area contributed by atoms with Crippen molar-refractivity contribution in [2.45, 2.75) is 32.4 Å². The summed E-state index contributed by atoms with van der Waals surface area (Å²) >= 11 is 6.04. The van der Waals surface area contributed by atoms with Crippen LogP contribution in [-0.2, 0) is 11.0 Å². The first-order valence-electron chi connectivity index (χ1n) is 10.1. The largest absolute Gasteiger partial charge is 0.493 e. The van der Waals surface area contributed by atoms with Gasteiger partial charge in [-0.1, -0.05) is 23.7 Å². The number of halogens is 4. The van der Waals surface area contributed by atoms with Gasteiger partial charge in [-0.05, 0) is 55.7 Å². The van der Waals surface area contributed by atoms with Gasteiger partial charge >= 0.3 is 6.18 Å². The van der Waals surface area contributed by atoms with Crippen LogP contribution >= 0.6 is 11.6 Å². The minimum Gasteiger partial charge on any atom is -0.493 e. The van der Waals surface area contributed by atoms with Crippen molar-refractivity contribution in [1.82, 2.24) is 4.90 Å². The first kappa shape index (κ1) is 23.9. The number of nitrogens with zero attached hydrogens (tertiary/aromatic N) is 1. The molecule has 1 saturated heterocycles. The zero-order valence-corrected chi connectivity index (χ0v) is 18.3. The topological polar surface area (TPSA) is 72.6 Å². The number of nitrogens with two attached hydrogens (primary N) is 1. The zero-order valence-electron chi connectivity index (χ0n) is 17.5. The molecule has 32 heavy (non-hydrogen) atoms. The molecular formula is C23H24ClF3N2O3. The molecule has 1 aliphatic rings. The van der Waals surface area contributed by atoms with Gasteiger partial charge in [-0.2, -0.15) is 13.2 Å². The van der Waals surface area contributed by atoms with Gasteiger partial charge in [0.05, 0.1) is 17.7 Å². The average molecular weight is 469 g/mol. The van der Waals surface area contributed by atoms with Crippen molar-refractivity contribution < 1.29 is 27.5 Å². The van der Waals surface area contributed by atoms with Crippen LogP contribution in [0.3, 0.4) is 0 Å². The molecule has 1 heterocycles. The minimum absolute atomic E-state index is 0.0513. The molecule has 0 bridgehead atoms. The highest BCUT2D eigenvalue weighted by atomic mass is 35.5. The predicted octanol–water partition coefficient (Wildman–Crippen LogP) is 4.84. The van der Waals surface area contributed by atoms with E-state index in [2.05, 4.69) is 0 Å². The van der Waals surface area contributed by atoms with Gasteiger partial charge in [0.1, 0.15) is 5.75 Å². The van der Waals surface area contributed by atoms with E-state index >= 15 is 0 Å². The molecule has 2 N–H and O–H groups in total. The lowest BCUT2D eigenvalue weighted by molar-refractivity contribution is -0.138. The highest BCUT2D eigenvalue weighted by molar-refractivity contribution is 6.31. The Morgan fingerprint density at radius 2 is 1.94 bits per heavy atom. The van der Waals surface area contributed by atoms with E-state index in [0.717, 1.165) is 11.6 Å². The van der Waals surface area contributed by atoms with Crippen LogP contribution in [0.25, 0.3) is 0 Å². The number of carbonyl (C=O) groups excluding carboxylic acids is 2. The average Bonchev–Trinajstić information content (AvgIpc) is 2.73. The van der Waals surface area contributed by atoms with Crippen LogP contribution in [0.2, 0.25) is 5.02 Å². The number of hydrogen-bond acceptors (Lipinski definition) is 3. The summed E-state index contributed by atoms with van der Waals surface area (Å²) in [6.07, 6.45) is -3.64. The third-order valence-corrected chi connectivity index (χ3v) is 6.06. The van der Waals surface area contributed by atoms with E-state index in [1.54, 1.807) is 18.2 Å². The highest BCUT2D eigenvalue weighted by Crippen LogP contribution is 2.37. The van der Waals surface area contributed by atoms with E-state index < -0.39 is 34.5 Å². The fourth-order valence-electron chi connectivity index (χ4n) is 4.09. The minimum atomic E-state index is -4.65. The van der Waals surface area contributed by atoms with E-state index in [1.165, 1.54) is 23.1 Å². The molecule has 2 aromatic rings. The normalized spacial score (nSPS) is 19.0. The number of rotatable bonds is 6. The van der Waals surface area contributed by atoms with Crippen molar-refractivity contribution in [3.8, 4) is 5.75 Å². The van der Waals surface area contributed by atoms with Gasteiger partial charge in [0.15, 0.2) is 0 Å². The molecule has 2 amide bonds. The van der Waals surface area contributed by atoms with Gasteiger partial charge in [-0.25, -0.2) is 0 Å². The third-order valence-electron chi connectivity index (χ3n) is 5.64. The van der Waals surface area contributed by atoms with Crippen LogP contribution in [0, 0.1) is 12.3 Å². The first-order chi connectivity index (χ1) is 15.0. The van der Waals surface area contributed by atoms with Crippen molar-refractivity contribution in [1.29, 1.82) is 0 Å². The Labute approximate surface area is 189 Å². The number of piperidine rings is 1. The van der Waals surface area contributed by atoms with Gasteiger partial charge in [0, 0.05) is 29.9 Å². The molecule has 1 fully saturated rings. The van der Waals surface area contributed by atoms with E-state index in [0.29, 0.717) is 23.6 Å². The smallest absolute Gasteiger partial charge is 0.417 e. The Bertz CT molecular complexity index is 1010. The van der Waals surface area contributed by atoms with E-state index in [9.17, 15) is 22.8 Å². The summed E-state index contributed by atoms with van der Waals surface area (Å²) in [5.41, 5.74) is 4.09. The number of likely N-dealkylation sites (tertiary alicyclic amines) is 1. The molecule has 9 heteroatoms. The molecule has 1 atom stereocenters. The summed E-state index contributed by atoms with van der Waals surface area (Å²) < 4.78 is 46.1. The van der Waals surface area contributed by atoms with Crippen LogP contribution in [0.15, 0.2) is 42.5 Å². The van der Waals surface area contributed by atoms with Crippen LogP contribution < -0.4 is 10.5 Å². The van der Waals surface area contributed by atoms with Gasteiger partial charge in [0.25, 0.3) is 5.91 Å². The highest BCUT2D eigenvalue weighted by Gasteiger charge is 2.42. The number of ether oxygens (including phenoxy) is 1. The van der Waals surface area contributed by atoms with Gasteiger partial charge in [-0.15, -0.1) is 0 Å². The van der Waals surface area contributed by atoms with Crippen molar-refractivity contribution in [3.05, 3.63) is 64.2 Å². The number of primary amides is 1. The molecule has 5 nitrogen and oxygen atoms in total. The summed E-state index contributed by atoms with van der Waals surface area (Å²) in [6.45, 7) is 2.26.